The van der Waals surface area contributed by atoms with E-state index in [1.54, 1.807) is 0 Å². The highest BCUT2D eigenvalue weighted by atomic mass is 15.2. The molecule has 0 spiro atoms. The highest BCUT2D eigenvalue weighted by Crippen LogP contribution is 2.26. The number of anilines is 1. The number of hydrogen-bond donors (Lipinski definition) is 1. The summed E-state index contributed by atoms with van der Waals surface area (Å²) in [6.07, 6.45) is 4.38. The quantitative estimate of drug-likeness (QED) is 0.830. The summed E-state index contributed by atoms with van der Waals surface area (Å²) in [6.45, 7) is 6.56. The maximum absolute atomic E-state index is 5.98. The van der Waals surface area contributed by atoms with Gasteiger partial charge in [0.15, 0.2) is 0 Å². The van der Waals surface area contributed by atoms with Crippen LogP contribution in [0.2, 0.25) is 0 Å². The first kappa shape index (κ1) is 11.4. The lowest BCUT2D eigenvalue weighted by atomic mass is 9.98. The lowest BCUT2D eigenvalue weighted by Gasteiger charge is -2.32. The number of hydrogen-bond acceptors (Lipinski definition) is 3. The van der Waals surface area contributed by atoms with E-state index in [4.69, 9.17) is 5.73 Å². The highest BCUT2D eigenvalue weighted by molar-refractivity contribution is 5.48. The first-order valence-corrected chi connectivity index (χ1v) is 6.14. The van der Waals surface area contributed by atoms with Gasteiger partial charge in [0.05, 0.1) is 0 Å². The zero-order chi connectivity index (χ0) is 11.5. The van der Waals surface area contributed by atoms with E-state index in [-0.39, 0.29) is 6.04 Å². The number of aromatic nitrogens is 1. The average Bonchev–Trinajstić information content (AvgIpc) is 2.30. The van der Waals surface area contributed by atoms with Gasteiger partial charge in [-0.2, -0.15) is 0 Å². The Kier molecular flexibility index (Phi) is 3.44. The summed E-state index contributed by atoms with van der Waals surface area (Å²) in [5.41, 5.74) is 7.15. The molecule has 0 saturated carbocycles. The van der Waals surface area contributed by atoms with Gasteiger partial charge in [-0.15, -0.1) is 0 Å². The van der Waals surface area contributed by atoms with Crippen LogP contribution in [0.3, 0.4) is 0 Å². The maximum atomic E-state index is 5.98. The summed E-state index contributed by atoms with van der Waals surface area (Å²) in [5.74, 6) is 1.93. The minimum atomic E-state index is 0.0584. The SMILES string of the molecule is CC1CCN(c2ncccc2C(C)N)CC1. The monoisotopic (exact) mass is 219 g/mol. The van der Waals surface area contributed by atoms with Crippen LogP contribution in [0.25, 0.3) is 0 Å². The fraction of sp³-hybridized carbons (Fsp3) is 0.615. The van der Waals surface area contributed by atoms with Gasteiger partial charge in [-0.05, 0) is 31.7 Å². The summed E-state index contributed by atoms with van der Waals surface area (Å²) in [7, 11) is 0. The van der Waals surface area contributed by atoms with Crippen LogP contribution in [0.5, 0.6) is 0 Å². The fourth-order valence-corrected chi connectivity index (χ4v) is 2.25. The maximum Gasteiger partial charge on any atom is 0.133 e. The molecule has 2 rings (SSSR count). The van der Waals surface area contributed by atoms with Crippen molar-refractivity contribution in [2.75, 3.05) is 18.0 Å². The highest BCUT2D eigenvalue weighted by Gasteiger charge is 2.19. The van der Waals surface area contributed by atoms with Gasteiger partial charge >= 0.3 is 0 Å². The summed E-state index contributed by atoms with van der Waals surface area (Å²) < 4.78 is 0. The molecule has 1 fully saturated rings. The minimum Gasteiger partial charge on any atom is -0.356 e. The largest absolute Gasteiger partial charge is 0.356 e. The molecule has 0 radical (unpaired) electrons. The molecule has 1 aliphatic heterocycles. The summed E-state index contributed by atoms with van der Waals surface area (Å²) >= 11 is 0. The number of pyridine rings is 1. The molecule has 0 bridgehead atoms. The summed E-state index contributed by atoms with van der Waals surface area (Å²) in [4.78, 5) is 6.87. The van der Waals surface area contributed by atoms with Crippen LogP contribution in [0.15, 0.2) is 18.3 Å². The Hall–Kier alpha value is -1.09. The van der Waals surface area contributed by atoms with Crippen LogP contribution in [0, 0.1) is 5.92 Å². The lowest BCUT2D eigenvalue weighted by molar-refractivity contribution is 0.435. The third kappa shape index (κ3) is 2.35. The molecule has 2 N–H and O–H groups in total. The zero-order valence-corrected chi connectivity index (χ0v) is 10.2. The third-order valence-electron chi connectivity index (χ3n) is 3.39. The Morgan fingerprint density at radius 2 is 2.12 bits per heavy atom. The number of piperidine rings is 1. The van der Waals surface area contributed by atoms with Crippen molar-refractivity contribution in [3.8, 4) is 0 Å². The molecule has 0 amide bonds. The summed E-state index contributed by atoms with van der Waals surface area (Å²) in [6, 6.07) is 4.11. The van der Waals surface area contributed by atoms with E-state index in [9.17, 15) is 0 Å². The molecule has 1 atom stereocenters. The van der Waals surface area contributed by atoms with Crippen LogP contribution in [0.1, 0.15) is 38.3 Å². The van der Waals surface area contributed by atoms with Gasteiger partial charge in [0, 0.05) is 30.9 Å². The first-order valence-electron chi connectivity index (χ1n) is 6.14. The van der Waals surface area contributed by atoms with E-state index in [1.165, 1.54) is 12.8 Å². The molecule has 0 aliphatic carbocycles. The van der Waals surface area contributed by atoms with Gasteiger partial charge in [0.1, 0.15) is 5.82 Å². The second-order valence-corrected chi connectivity index (χ2v) is 4.87. The smallest absolute Gasteiger partial charge is 0.133 e. The standard InChI is InChI=1S/C13H21N3/c1-10-5-8-16(9-6-10)13-12(11(2)14)4-3-7-15-13/h3-4,7,10-11H,5-6,8-9,14H2,1-2H3. The molecule has 88 valence electrons. The van der Waals surface area contributed by atoms with Gasteiger partial charge in [0.25, 0.3) is 0 Å². The van der Waals surface area contributed by atoms with E-state index in [1.807, 2.05) is 19.2 Å². The Morgan fingerprint density at radius 1 is 1.44 bits per heavy atom. The van der Waals surface area contributed by atoms with Gasteiger partial charge in [0.2, 0.25) is 0 Å². The van der Waals surface area contributed by atoms with Crippen molar-refractivity contribution in [1.29, 1.82) is 0 Å². The zero-order valence-electron chi connectivity index (χ0n) is 10.2. The average molecular weight is 219 g/mol. The van der Waals surface area contributed by atoms with E-state index < -0.39 is 0 Å². The molecule has 1 aliphatic rings. The predicted molar refractivity (Wildman–Crippen MR) is 67.5 cm³/mol. The molecular weight excluding hydrogens is 198 g/mol. The molecule has 0 aromatic carbocycles. The van der Waals surface area contributed by atoms with Gasteiger partial charge in [-0.25, -0.2) is 4.98 Å². The van der Waals surface area contributed by atoms with Crippen molar-refractivity contribution < 1.29 is 0 Å². The fourth-order valence-electron chi connectivity index (χ4n) is 2.25. The molecule has 1 aromatic heterocycles. The van der Waals surface area contributed by atoms with E-state index in [2.05, 4.69) is 22.9 Å². The van der Waals surface area contributed by atoms with Crippen LogP contribution in [0.4, 0.5) is 5.82 Å². The molecule has 1 aromatic rings. The van der Waals surface area contributed by atoms with Crippen molar-refractivity contribution in [2.24, 2.45) is 11.7 Å². The molecule has 1 saturated heterocycles. The van der Waals surface area contributed by atoms with Crippen molar-refractivity contribution in [2.45, 2.75) is 32.7 Å². The molecular formula is C13H21N3. The van der Waals surface area contributed by atoms with Gasteiger partial charge in [-0.3, -0.25) is 0 Å². The Morgan fingerprint density at radius 3 is 2.75 bits per heavy atom. The van der Waals surface area contributed by atoms with Crippen LogP contribution >= 0.6 is 0 Å². The Labute approximate surface area is 97.7 Å². The van der Waals surface area contributed by atoms with Crippen molar-refractivity contribution in [1.82, 2.24) is 4.98 Å². The lowest BCUT2D eigenvalue weighted by Crippen LogP contribution is -2.34. The van der Waals surface area contributed by atoms with Crippen molar-refractivity contribution in [3.05, 3.63) is 23.9 Å². The van der Waals surface area contributed by atoms with Gasteiger partial charge in [-0.1, -0.05) is 13.0 Å². The van der Waals surface area contributed by atoms with Crippen molar-refractivity contribution >= 4 is 5.82 Å². The topological polar surface area (TPSA) is 42.2 Å². The van der Waals surface area contributed by atoms with Crippen LogP contribution in [-0.2, 0) is 0 Å². The second kappa shape index (κ2) is 4.83. The van der Waals surface area contributed by atoms with E-state index >= 15 is 0 Å². The molecule has 2 heterocycles. The predicted octanol–water partition coefficient (Wildman–Crippen LogP) is 2.34. The Balaban J connectivity index is 2.19. The van der Waals surface area contributed by atoms with E-state index in [0.717, 1.165) is 30.4 Å². The number of nitrogens with two attached hydrogens (primary N) is 1. The third-order valence-corrected chi connectivity index (χ3v) is 3.39. The van der Waals surface area contributed by atoms with E-state index in [0.29, 0.717) is 0 Å². The van der Waals surface area contributed by atoms with Crippen molar-refractivity contribution in [3.63, 3.8) is 0 Å². The minimum absolute atomic E-state index is 0.0584. The Bertz CT molecular complexity index is 341. The van der Waals surface area contributed by atoms with Crippen LogP contribution in [-0.4, -0.2) is 18.1 Å². The molecule has 3 heteroatoms. The second-order valence-electron chi connectivity index (χ2n) is 4.87. The summed E-state index contributed by atoms with van der Waals surface area (Å²) in [5, 5.41) is 0. The normalized spacial score (nSPS) is 19.8. The van der Waals surface area contributed by atoms with Crippen LogP contribution < -0.4 is 10.6 Å². The molecule has 1 unspecified atom stereocenters. The molecule has 16 heavy (non-hydrogen) atoms. The first-order chi connectivity index (χ1) is 7.68. The number of nitrogens with zero attached hydrogens (tertiary/aromatic N) is 2. The van der Waals surface area contributed by atoms with Gasteiger partial charge < -0.3 is 10.6 Å². The number of rotatable bonds is 2. The molecule has 3 nitrogen and oxygen atoms in total.